The average molecular weight is 158 g/mol. The minimum Gasteiger partial charge on any atom is -0.303 e. The van der Waals surface area contributed by atoms with E-state index in [-0.39, 0.29) is 5.41 Å². The second-order valence-corrected chi connectivity index (χ2v) is 2.88. The minimum atomic E-state index is -0.0469. The van der Waals surface area contributed by atoms with Crippen LogP contribution in [-0.2, 0) is 4.79 Å². The third-order valence-electron chi connectivity index (χ3n) is 1.91. The van der Waals surface area contributed by atoms with E-state index in [1.165, 1.54) is 0 Å². The van der Waals surface area contributed by atoms with E-state index in [1.54, 1.807) is 0 Å². The topological polar surface area (TPSA) is 17.1 Å². The molecule has 0 aliphatic carbocycles. The van der Waals surface area contributed by atoms with Crippen molar-refractivity contribution in [1.29, 1.82) is 0 Å². The highest BCUT2D eigenvalue weighted by Gasteiger charge is 2.18. The fourth-order valence-corrected chi connectivity index (χ4v) is 0.890. The molecule has 0 heterocycles. The maximum Gasteiger partial charge on any atom is 0.125 e. The Morgan fingerprint density at radius 2 is 1.73 bits per heavy atom. The summed E-state index contributed by atoms with van der Waals surface area (Å²) in [5.74, 6) is 0. The highest BCUT2D eigenvalue weighted by atomic mass is 16.1. The molecule has 0 bridgehead atoms. The van der Waals surface area contributed by atoms with Crippen molar-refractivity contribution in [3.8, 4) is 0 Å². The maximum absolute atomic E-state index is 10.4. The lowest BCUT2D eigenvalue weighted by molar-refractivity contribution is -0.115. The smallest absolute Gasteiger partial charge is 0.125 e. The van der Waals surface area contributed by atoms with Crippen LogP contribution < -0.4 is 0 Å². The number of hydrogen-bond donors (Lipinski definition) is 0. The van der Waals surface area contributed by atoms with E-state index in [4.69, 9.17) is 0 Å². The van der Waals surface area contributed by atoms with Gasteiger partial charge in [0, 0.05) is 5.41 Å². The molecule has 0 saturated carbocycles. The molecule has 0 radical (unpaired) electrons. The number of carbonyl (C=O) groups excluding carboxylic acids is 1. The number of aldehydes is 1. The highest BCUT2D eigenvalue weighted by Crippen LogP contribution is 2.23. The van der Waals surface area contributed by atoms with Crippen LogP contribution >= 0.6 is 0 Å². The Morgan fingerprint density at radius 1 is 1.27 bits per heavy atom. The van der Waals surface area contributed by atoms with Gasteiger partial charge in [-0.3, -0.25) is 0 Å². The Morgan fingerprint density at radius 3 is 1.82 bits per heavy atom. The zero-order valence-corrected chi connectivity index (χ0v) is 8.61. The highest BCUT2D eigenvalue weighted by molar-refractivity contribution is 5.58. The first kappa shape index (κ1) is 13.3. The molecule has 11 heavy (non-hydrogen) atoms. The summed E-state index contributed by atoms with van der Waals surface area (Å²) in [4.78, 5) is 10.4. The Bertz CT molecular complexity index is 88.9. The number of carbonyl (C=O) groups is 1. The van der Waals surface area contributed by atoms with Crippen molar-refractivity contribution >= 4 is 6.29 Å². The quantitative estimate of drug-likeness (QED) is 0.573. The van der Waals surface area contributed by atoms with Gasteiger partial charge in [0.2, 0.25) is 0 Å². The summed E-state index contributed by atoms with van der Waals surface area (Å²) in [6.45, 7) is 10.2. The fourth-order valence-electron chi connectivity index (χ4n) is 0.890. The van der Waals surface area contributed by atoms with Gasteiger partial charge in [-0.05, 0) is 12.8 Å². The first-order valence-electron chi connectivity index (χ1n) is 4.65. The molecule has 0 aliphatic rings. The number of rotatable bonds is 4. The summed E-state index contributed by atoms with van der Waals surface area (Å²) >= 11 is 0. The first-order chi connectivity index (χ1) is 5.18. The lowest BCUT2D eigenvalue weighted by Gasteiger charge is -2.18. The third kappa shape index (κ3) is 6.08. The molecule has 0 rings (SSSR count). The van der Waals surface area contributed by atoms with E-state index < -0.39 is 0 Å². The predicted octanol–water partition coefficient (Wildman–Crippen LogP) is 3.43. The molecule has 0 aromatic heterocycles. The van der Waals surface area contributed by atoms with Crippen LogP contribution in [0.2, 0.25) is 0 Å². The maximum atomic E-state index is 10.4. The van der Waals surface area contributed by atoms with Gasteiger partial charge in [0.05, 0.1) is 0 Å². The van der Waals surface area contributed by atoms with Crippen LogP contribution in [0.5, 0.6) is 0 Å². The van der Waals surface area contributed by atoms with Gasteiger partial charge >= 0.3 is 0 Å². The molecule has 1 heteroatoms. The summed E-state index contributed by atoms with van der Waals surface area (Å²) < 4.78 is 0. The number of hydrogen-bond acceptors (Lipinski definition) is 1. The van der Waals surface area contributed by atoms with Crippen LogP contribution in [0.25, 0.3) is 0 Å². The summed E-state index contributed by atoms with van der Waals surface area (Å²) in [5.41, 5.74) is -0.0469. The van der Waals surface area contributed by atoms with Crippen molar-refractivity contribution in [2.24, 2.45) is 5.41 Å². The first-order valence-corrected chi connectivity index (χ1v) is 4.65. The Labute approximate surface area is 71.2 Å². The Hall–Kier alpha value is -0.330. The SMILES string of the molecule is CC.CCCC(C)(C=O)CC. The third-order valence-corrected chi connectivity index (χ3v) is 1.91. The molecule has 68 valence electrons. The second-order valence-electron chi connectivity index (χ2n) is 2.88. The summed E-state index contributed by atoms with van der Waals surface area (Å²) in [5, 5.41) is 0. The van der Waals surface area contributed by atoms with E-state index in [2.05, 4.69) is 13.8 Å². The monoisotopic (exact) mass is 158 g/mol. The van der Waals surface area contributed by atoms with Crippen molar-refractivity contribution in [3.63, 3.8) is 0 Å². The molecule has 0 amide bonds. The van der Waals surface area contributed by atoms with Crippen LogP contribution in [0.1, 0.15) is 53.9 Å². The lowest BCUT2D eigenvalue weighted by Crippen LogP contribution is -2.15. The van der Waals surface area contributed by atoms with E-state index >= 15 is 0 Å². The summed E-state index contributed by atoms with van der Waals surface area (Å²) in [7, 11) is 0. The van der Waals surface area contributed by atoms with Gasteiger partial charge in [-0.1, -0.05) is 41.0 Å². The zero-order valence-electron chi connectivity index (χ0n) is 8.61. The van der Waals surface area contributed by atoms with E-state index in [1.807, 2.05) is 20.8 Å². The van der Waals surface area contributed by atoms with E-state index in [0.717, 1.165) is 25.5 Å². The molecule has 1 atom stereocenters. The van der Waals surface area contributed by atoms with Crippen LogP contribution in [0.3, 0.4) is 0 Å². The molecular weight excluding hydrogens is 136 g/mol. The van der Waals surface area contributed by atoms with Gasteiger partial charge < -0.3 is 4.79 Å². The summed E-state index contributed by atoms with van der Waals surface area (Å²) in [6.07, 6.45) is 4.16. The van der Waals surface area contributed by atoms with Crippen LogP contribution in [0.15, 0.2) is 0 Å². The standard InChI is InChI=1S/C8H16O.C2H6/c1-4-6-8(3,5-2)7-9;1-2/h7H,4-6H2,1-3H3;1-2H3. The van der Waals surface area contributed by atoms with Gasteiger partial charge in [-0.15, -0.1) is 0 Å². The molecule has 0 N–H and O–H groups in total. The second kappa shape index (κ2) is 7.77. The fraction of sp³-hybridized carbons (Fsp3) is 0.900. The molecule has 0 aromatic carbocycles. The van der Waals surface area contributed by atoms with Gasteiger partial charge in [0.1, 0.15) is 6.29 Å². The lowest BCUT2D eigenvalue weighted by atomic mass is 9.85. The van der Waals surface area contributed by atoms with Crippen molar-refractivity contribution in [3.05, 3.63) is 0 Å². The zero-order chi connectivity index (χ0) is 9.33. The van der Waals surface area contributed by atoms with E-state index in [0.29, 0.717) is 0 Å². The normalized spacial score (nSPS) is 14.3. The van der Waals surface area contributed by atoms with Gasteiger partial charge in [0.25, 0.3) is 0 Å². The Kier molecular flexibility index (Phi) is 9.38. The molecule has 0 spiro atoms. The average Bonchev–Trinajstić information content (AvgIpc) is 2.08. The van der Waals surface area contributed by atoms with Crippen molar-refractivity contribution in [2.75, 3.05) is 0 Å². The van der Waals surface area contributed by atoms with Gasteiger partial charge in [-0.2, -0.15) is 0 Å². The molecule has 0 fully saturated rings. The molecule has 0 saturated heterocycles. The summed E-state index contributed by atoms with van der Waals surface area (Å²) in [6, 6.07) is 0. The Balaban J connectivity index is 0. The molecule has 0 aliphatic heterocycles. The van der Waals surface area contributed by atoms with Crippen LogP contribution in [-0.4, -0.2) is 6.29 Å². The molecular formula is C10H22O. The minimum absolute atomic E-state index is 0.0469. The van der Waals surface area contributed by atoms with Crippen molar-refractivity contribution < 1.29 is 4.79 Å². The predicted molar refractivity (Wildman–Crippen MR) is 50.7 cm³/mol. The van der Waals surface area contributed by atoms with Crippen LogP contribution in [0, 0.1) is 5.41 Å². The van der Waals surface area contributed by atoms with Crippen molar-refractivity contribution in [1.82, 2.24) is 0 Å². The van der Waals surface area contributed by atoms with Crippen LogP contribution in [0.4, 0.5) is 0 Å². The largest absolute Gasteiger partial charge is 0.303 e. The van der Waals surface area contributed by atoms with Crippen molar-refractivity contribution in [2.45, 2.75) is 53.9 Å². The van der Waals surface area contributed by atoms with Gasteiger partial charge in [-0.25, -0.2) is 0 Å². The molecule has 1 unspecified atom stereocenters. The van der Waals surface area contributed by atoms with Gasteiger partial charge in [0.15, 0.2) is 0 Å². The molecule has 1 nitrogen and oxygen atoms in total. The molecule has 0 aromatic rings. The van der Waals surface area contributed by atoms with E-state index in [9.17, 15) is 4.79 Å².